The predicted octanol–water partition coefficient (Wildman–Crippen LogP) is 15.5. The monoisotopic (exact) mass is 868 g/mol. The predicted molar refractivity (Wildman–Crippen MR) is 280 cm³/mol. The number of hydrogen-bond acceptors (Lipinski definition) is 2. The van der Waals surface area contributed by atoms with Gasteiger partial charge in [0.15, 0.2) is 0 Å². The normalized spacial score (nSPS) is 11.8. The molecule has 0 amide bonds. The topological polar surface area (TPSA) is 44.5 Å². The summed E-state index contributed by atoms with van der Waals surface area (Å²) < 4.78 is 9.21. The van der Waals surface area contributed by atoms with Gasteiger partial charge >= 0.3 is 0 Å². The van der Waals surface area contributed by atoms with Crippen LogP contribution in [0.1, 0.15) is 0 Å². The molecule has 0 saturated carbocycles. The number of para-hydroxylation sites is 4. The van der Waals surface area contributed by atoms with Crippen LogP contribution in [0.4, 0.5) is 0 Å². The molecule has 0 aliphatic heterocycles. The molecule has 6 heteroatoms. The molecule has 0 saturated heterocycles. The van der Waals surface area contributed by atoms with Crippen LogP contribution in [0.5, 0.6) is 0 Å². The molecule has 0 atom stereocenters. The van der Waals surface area contributed by atoms with Crippen LogP contribution in [0.15, 0.2) is 243 Å². The molecule has 0 bridgehead atoms. The van der Waals surface area contributed by atoms with Crippen molar-refractivity contribution in [2.45, 2.75) is 0 Å². The third kappa shape index (κ3) is 6.05. The molecule has 14 rings (SSSR count). The summed E-state index contributed by atoms with van der Waals surface area (Å²) in [6.45, 7) is 0. The second-order valence-electron chi connectivity index (χ2n) is 17.5. The molecule has 0 aliphatic carbocycles. The Morgan fingerprint density at radius 2 is 0.574 bits per heavy atom. The fraction of sp³-hybridized carbons (Fsp3) is 0. The van der Waals surface area contributed by atoms with Gasteiger partial charge < -0.3 is 0 Å². The highest BCUT2D eigenvalue weighted by Crippen LogP contribution is 2.37. The Morgan fingerprint density at radius 3 is 1.06 bits per heavy atom. The lowest BCUT2D eigenvalue weighted by atomic mass is 10.00. The first-order valence-electron chi connectivity index (χ1n) is 23.1. The number of rotatable bonds is 7. The van der Waals surface area contributed by atoms with Crippen molar-refractivity contribution < 1.29 is 0 Å². The summed E-state index contributed by atoms with van der Waals surface area (Å²) in [6, 6.07) is 86.9. The molecule has 0 aliphatic rings. The number of fused-ring (bicyclic) bond motifs is 10. The summed E-state index contributed by atoms with van der Waals surface area (Å²) in [5.74, 6) is 1.76. The maximum Gasteiger partial charge on any atom is 0.220 e. The Morgan fingerprint density at radius 1 is 0.221 bits per heavy atom. The van der Waals surface area contributed by atoms with Gasteiger partial charge in [-0.15, -0.1) is 0 Å². The minimum Gasteiger partial charge on any atom is -0.278 e. The standard InChI is InChI=1S/C62H40N6/c1-3-12-41(13-4-1)43-22-24-45(25-23-43)46-30-34-51(35-31-46)65-57-36-32-49(39-59(57)67-55-20-9-7-18-53(55)63-61(65)67)50-33-37-58-60(40-50)68-56-21-10-8-19-54(56)64-62(68)66(58)52-17-11-16-48(38-52)47-28-26-44(27-29-47)42-14-5-2-6-15-42/h1-40H. The summed E-state index contributed by atoms with van der Waals surface area (Å²) in [5, 5.41) is 0. The van der Waals surface area contributed by atoms with E-state index in [1.165, 1.54) is 38.9 Å². The Hall–Kier alpha value is -9.26. The van der Waals surface area contributed by atoms with Crippen LogP contribution in [-0.2, 0) is 0 Å². The van der Waals surface area contributed by atoms with Gasteiger partial charge in [-0.1, -0.05) is 170 Å². The summed E-state index contributed by atoms with van der Waals surface area (Å²) in [6.07, 6.45) is 0. The van der Waals surface area contributed by atoms with E-state index in [9.17, 15) is 0 Å². The molecule has 0 unspecified atom stereocenters. The van der Waals surface area contributed by atoms with Gasteiger partial charge in [0.2, 0.25) is 11.6 Å². The molecule has 10 aromatic carbocycles. The van der Waals surface area contributed by atoms with Crippen molar-refractivity contribution in [1.82, 2.24) is 27.9 Å². The van der Waals surface area contributed by atoms with Gasteiger partial charge in [-0.3, -0.25) is 17.9 Å². The number of benzene rings is 10. The van der Waals surface area contributed by atoms with Crippen LogP contribution in [0.2, 0.25) is 0 Å². The quantitative estimate of drug-likeness (QED) is 0.160. The second kappa shape index (κ2) is 15.2. The molecule has 4 aromatic heterocycles. The summed E-state index contributed by atoms with van der Waals surface area (Å²) >= 11 is 0. The van der Waals surface area contributed by atoms with E-state index in [-0.39, 0.29) is 0 Å². The summed E-state index contributed by atoms with van der Waals surface area (Å²) in [5.41, 5.74) is 22.3. The van der Waals surface area contributed by atoms with Gasteiger partial charge in [0, 0.05) is 11.4 Å². The first-order chi connectivity index (χ1) is 33.7. The maximum atomic E-state index is 5.26. The van der Waals surface area contributed by atoms with Gasteiger partial charge in [-0.25, -0.2) is 9.97 Å². The Kier molecular flexibility index (Phi) is 8.48. The van der Waals surface area contributed by atoms with Crippen LogP contribution in [0.25, 0.3) is 123 Å². The van der Waals surface area contributed by atoms with E-state index in [1.807, 2.05) is 0 Å². The Bertz CT molecular complexity index is 4210. The van der Waals surface area contributed by atoms with Gasteiger partial charge in [-0.05, 0) is 128 Å². The zero-order valence-corrected chi connectivity index (χ0v) is 36.8. The second-order valence-corrected chi connectivity index (χ2v) is 17.5. The first kappa shape index (κ1) is 38.1. The fourth-order valence-electron chi connectivity index (χ4n) is 10.3. The molecule has 0 fully saturated rings. The van der Waals surface area contributed by atoms with E-state index in [0.29, 0.717) is 0 Å². The number of hydrogen-bond donors (Lipinski definition) is 0. The van der Waals surface area contributed by atoms with Crippen molar-refractivity contribution in [2.75, 3.05) is 0 Å². The number of imidazole rings is 4. The minimum absolute atomic E-state index is 0.879. The van der Waals surface area contributed by atoms with E-state index < -0.39 is 0 Å². The van der Waals surface area contributed by atoms with Crippen LogP contribution >= 0.6 is 0 Å². The van der Waals surface area contributed by atoms with E-state index >= 15 is 0 Å². The molecule has 14 aromatic rings. The molecular formula is C62H40N6. The number of nitrogens with zero attached hydrogens (tertiary/aromatic N) is 6. The lowest BCUT2D eigenvalue weighted by Crippen LogP contribution is -1.95. The van der Waals surface area contributed by atoms with Crippen LogP contribution < -0.4 is 0 Å². The molecule has 68 heavy (non-hydrogen) atoms. The van der Waals surface area contributed by atoms with Crippen molar-refractivity contribution >= 4 is 55.7 Å². The maximum absolute atomic E-state index is 5.26. The zero-order valence-electron chi connectivity index (χ0n) is 36.8. The molecule has 4 heterocycles. The average molecular weight is 869 g/mol. The molecule has 0 radical (unpaired) electrons. The van der Waals surface area contributed by atoms with Crippen molar-refractivity contribution in [3.8, 4) is 67.0 Å². The molecule has 0 N–H and O–H groups in total. The van der Waals surface area contributed by atoms with Crippen LogP contribution in [0.3, 0.4) is 0 Å². The largest absolute Gasteiger partial charge is 0.278 e. The van der Waals surface area contributed by atoms with E-state index in [1.54, 1.807) is 0 Å². The Balaban J connectivity index is 0.877. The van der Waals surface area contributed by atoms with Crippen molar-refractivity contribution in [2.24, 2.45) is 0 Å². The number of aromatic nitrogens is 6. The molecule has 0 spiro atoms. The first-order valence-corrected chi connectivity index (χ1v) is 23.1. The third-order valence-corrected chi connectivity index (χ3v) is 13.6. The Labute approximate surface area is 391 Å². The lowest BCUT2D eigenvalue weighted by Gasteiger charge is -2.10. The van der Waals surface area contributed by atoms with Gasteiger partial charge in [0.05, 0.1) is 44.1 Å². The molecule has 318 valence electrons. The van der Waals surface area contributed by atoms with Gasteiger partial charge in [0.1, 0.15) is 0 Å². The average Bonchev–Trinajstić information content (AvgIpc) is 4.16. The van der Waals surface area contributed by atoms with Crippen molar-refractivity contribution in [3.05, 3.63) is 243 Å². The van der Waals surface area contributed by atoms with Crippen LogP contribution in [0, 0.1) is 0 Å². The van der Waals surface area contributed by atoms with Gasteiger partial charge in [0.25, 0.3) is 0 Å². The van der Waals surface area contributed by atoms with E-state index in [0.717, 1.165) is 83.8 Å². The molecular weight excluding hydrogens is 829 g/mol. The van der Waals surface area contributed by atoms with Crippen molar-refractivity contribution in [3.63, 3.8) is 0 Å². The highest BCUT2D eigenvalue weighted by molar-refractivity contribution is 5.97. The lowest BCUT2D eigenvalue weighted by molar-refractivity contribution is 1.11. The highest BCUT2D eigenvalue weighted by Gasteiger charge is 2.21. The smallest absolute Gasteiger partial charge is 0.220 e. The molecule has 6 nitrogen and oxygen atoms in total. The SMILES string of the molecule is c1ccc(-c2ccc(-c3ccc(-n4c5ccc(-c6ccc7c(c6)n6c8ccccc8nc6n7-c6cccc(-c7ccc(-c8ccccc8)cc7)c6)cc5n5c6ccccc6nc45)cc3)cc2)cc1. The van der Waals surface area contributed by atoms with Crippen LogP contribution in [-0.4, -0.2) is 27.9 Å². The van der Waals surface area contributed by atoms with E-state index in [4.69, 9.17) is 9.97 Å². The minimum atomic E-state index is 0.879. The third-order valence-electron chi connectivity index (χ3n) is 13.6. The fourth-order valence-corrected chi connectivity index (χ4v) is 10.3. The highest BCUT2D eigenvalue weighted by atomic mass is 15.2. The zero-order chi connectivity index (χ0) is 44.7. The summed E-state index contributed by atoms with van der Waals surface area (Å²) in [4.78, 5) is 10.5. The summed E-state index contributed by atoms with van der Waals surface area (Å²) in [7, 11) is 0. The van der Waals surface area contributed by atoms with Crippen molar-refractivity contribution in [1.29, 1.82) is 0 Å². The van der Waals surface area contributed by atoms with E-state index in [2.05, 4.69) is 261 Å². The van der Waals surface area contributed by atoms with Gasteiger partial charge in [-0.2, -0.15) is 0 Å².